The van der Waals surface area contributed by atoms with Crippen molar-refractivity contribution < 1.29 is 28.3 Å². The zero-order valence-electron chi connectivity index (χ0n) is 9.86. The number of hydrogen-bond acceptors (Lipinski definition) is 3. The Kier molecular flexibility index (Phi) is 3.53. The largest absolute Gasteiger partial charge is 0.439 e. The van der Waals surface area contributed by atoms with Crippen molar-refractivity contribution in [3.8, 4) is 0 Å². The Morgan fingerprint density at radius 3 is 2.30 bits per heavy atom. The van der Waals surface area contributed by atoms with Gasteiger partial charge in [-0.25, -0.2) is 0 Å². The van der Waals surface area contributed by atoms with E-state index < -0.39 is 29.3 Å². The van der Waals surface area contributed by atoms with Crippen molar-refractivity contribution in [2.75, 3.05) is 0 Å². The number of nitrogens with zero attached hydrogens (tertiary/aromatic N) is 1. The first-order valence-electron chi connectivity index (χ1n) is 5.44. The lowest BCUT2D eigenvalue weighted by molar-refractivity contribution is -0.362. The quantitative estimate of drug-likeness (QED) is 0.784. The molecule has 1 atom stereocenters. The summed E-state index contributed by atoms with van der Waals surface area (Å²) in [6.07, 6.45) is -5.33. The molecule has 0 saturated carbocycles. The fraction of sp³-hybridized carbons (Fsp3) is 0.250. The van der Waals surface area contributed by atoms with Crippen LogP contribution in [0.5, 0.6) is 0 Å². The number of hydroxylamine groups is 2. The lowest BCUT2D eigenvalue weighted by Gasteiger charge is -2.39. The van der Waals surface area contributed by atoms with Crippen LogP contribution < -0.4 is 0 Å². The molecule has 20 heavy (non-hydrogen) atoms. The molecule has 0 bridgehead atoms. The topological polar surface area (TPSA) is 60.8 Å². The summed E-state index contributed by atoms with van der Waals surface area (Å²) in [5.74, 6) is -1.35. The molecule has 0 saturated heterocycles. The second kappa shape index (κ2) is 4.76. The minimum Gasteiger partial charge on any atom is -0.362 e. The number of rotatable bonds is 1. The van der Waals surface area contributed by atoms with E-state index in [1.54, 1.807) is 0 Å². The summed E-state index contributed by atoms with van der Waals surface area (Å²) in [7, 11) is 0. The van der Waals surface area contributed by atoms with Gasteiger partial charge in [0.1, 0.15) is 0 Å². The van der Waals surface area contributed by atoms with Gasteiger partial charge >= 0.3 is 6.18 Å². The third-order valence-corrected chi connectivity index (χ3v) is 3.21. The van der Waals surface area contributed by atoms with Gasteiger partial charge < -0.3 is 5.11 Å². The summed E-state index contributed by atoms with van der Waals surface area (Å²) in [4.78, 5) is 11.4. The Hall–Kier alpha value is -1.57. The van der Waals surface area contributed by atoms with Gasteiger partial charge in [-0.05, 0) is 23.3 Å². The number of carbonyl (C=O) groups is 1. The maximum atomic E-state index is 12.9. The molecule has 8 heteroatoms. The van der Waals surface area contributed by atoms with Crippen LogP contribution >= 0.6 is 11.6 Å². The maximum Gasteiger partial charge on any atom is 0.439 e. The second-order valence-corrected chi connectivity index (χ2v) is 4.75. The normalized spacial score (nSPS) is 23.8. The van der Waals surface area contributed by atoms with Gasteiger partial charge in [0.2, 0.25) is 0 Å². The monoisotopic (exact) mass is 307 g/mol. The number of amides is 1. The Labute approximate surface area is 116 Å². The van der Waals surface area contributed by atoms with Crippen molar-refractivity contribution in [1.29, 1.82) is 0 Å². The molecular weight excluding hydrogens is 299 g/mol. The highest BCUT2D eigenvalue weighted by Crippen LogP contribution is 2.42. The number of carbonyl (C=O) groups excluding carboxylic acids is 1. The van der Waals surface area contributed by atoms with Crippen molar-refractivity contribution in [2.24, 2.45) is 0 Å². The van der Waals surface area contributed by atoms with Gasteiger partial charge in [0.15, 0.2) is 0 Å². The molecule has 1 aromatic carbocycles. The third-order valence-electron chi connectivity index (χ3n) is 2.96. The van der Waals surface area contributed by atoms with Gasteiger partial charge in [0, 0.05) is 17.5 Å². The van der Waals surface area contributed by atoms with Crippen LogP contribution in [0.4, 0.5) is 13.2 Å². The molecule has 1 aromatic rings. The lowest BCUT2D eigenvalue weighted by atomic mass is 9.92. The van der Waals surface area contributed by atoms with Gasteiger partial charge in [0.05, 0.1) is 0 Å². The molecule has 2 N–H and O–H groups in total. The molecule has 0 aliphatic carbocycles. The Morgan fingerprint density at radius 1 is 1.25 bits per heavy atom. The first kappa shape index (κ1) is 14.8. The van der Waals surface area contributed by atoms with Crippen LogP contribution in [0.3, 0.4) is 0 Å². The molecule has 1 amide bonds. The molecule has 1 aliphatic heterocycles. The maximum absolute atomic E-state index is 12.9. The Balaban J connectivity index is 2.45. The number of aliphatic hydroxyl groups is 1. The summed E-state index contributed by atoms with van der Waals surface area (Å²) in [5.41, 5.74) is -3.39. The van der Waals surface area contributed by atoms with Crippen LogP contribution in [0.2, 0.25) is 5.02 Å². The van der Waals surface area contributed by atoms with Crippen LogP contribution in [-0.4, -0.2) is 33.2 Å². The fourth-order valence-corrected chi connectivity index (χ4v) is 1.98. The van der Waals surface area contributed by atoms with Crippen molar-refractivity contribution in [3.05, 3.63) is 40.9 Å². The van der Waals surface area contributed by atoms with Crippen LogP contribution in [0.1, 0.15) is 12.0 Å². The zero-order chi connectivity index (χ0) is 15.1. The van der Waals surface area contributed by atoms with E-state index in [4.69, 9.17) is 11.6 Å². The molecule has 1 aliphatic rings. The first-order valence-corrected chi connectivity index (χ1v) is 5.81. The van der Waals surface area contributed by atoms with E-state index in [-0.39, 0.29) is 5.57 Å². The molecule has 1 unspecified atom stereocenters. The predicted octanol–water partition coefficient (Wildman–Crippen LogP) is 2.60. The van der Waals surface area contributed by atoms with E-state index in [0.717, 1.165) is 6.08 Å². The Morgan fingerprint density at radius 2 is 1.80 bits per heavy atom. The highest BCUT2D eigenvalue weighted by atomic mass is 35.5. The molecular formula is C12H9ClF3NO3. The van der Waals surface area contributed by atoms with E-state index in [2.05, 4.69) is 0 Å². The van der Waals surface area contributed by atoms with Crippen LogP contribution in [0.25, 0.3) is 5.57 Å². The van der Waals surface area contributed by atoms with E-state index in [1.807, 2.05) is 0 Å². The fourth-order valence-electron chi connectivity index (χ4n) is 1.85. The minimum absolute atomic E-state index is 0.0446. The summed E-state index contributed by atoms with van der Waals surface area (Å²) in [6.45, 7) is 0. The van der Waals surface area contributed by atoms with Gasteiger partial charge in [0.25, 0.3) is 11.6 Å². The van der Waals surface area contributed by atoms with Crippen LogP contribution in [-0.2, 0) is 4.79 Å². The van der Waals surface area contributed by atoms with Crippen molar-refractivity contribution in [2.45, 2.75) is 18.3 Å². The summed E-state index contributed by atoms with van der Waals surface area (Å²) in [6, 6.07) is 5.73. The molecule has 0 fully saturated rings. The number of hydrogen-bond donors (Lipinski definition) is 2. The van der Waals surface area contributed by atoms with Crippen molar-refractivity contribution in [3.63, 3.8) is 0 Å². The van der Waals surface area contributed by atoms with Crippen molar-refractivity contribution >= 4 is 23.1 Å². The first-order chi connectivity index (χ1) is 9.15. The average molecular weight is 308 g/mol. The van der Waals surface area contributed by atoms with Gasteiger partial charge in [-0.2, -0.15) is 18.2 Å². The number of benzene rings is 1. The van der Waals surface area contributed by atoms with Crippen molar-refractivity contribution in [1.82, 2.24) is 5.06 Å². The average Bonchev–Trinajstić information content (AvgIpc) is 2.35. The highest BCUT2D eigenvalue weighted by Gasteiger charge is 2.61. The Bertz CT molecular complexity index is 570. The van der Waals surface area contributed by atoms with Gasteiger partial charge in [-0.15, -0.1) is 0 Å². The van der Waals surface area contributed by atoms with Gasteiger partial charge in [-0.3, -0.25) is 10.0 Å². The number of alkyl halides is 3. The lowest BCUT2D eigenvalue weighted by Crippen LogP contribution is -2.61. The van der Waals surface area contributed by atoms with E-state index in [0.29, 0.717) is 10.6 Å². The molecule has 108 valence electrons. The van der Waals surface area contributed by atoms with Gasteiger partial charge in [-0.1, -0.05) is 23.7 Å². The minimum atomic E-state index is -5.19. The highest BCUT2D eigenvalue weighted by molar-refractivity contribution is 6.30. The van der Waals surface area contributed by atoms with E-state index in [1.165, 1.54) is 24.3 Å². The molecule has 0 aromatic heterocycles. The van der Waals surface area contributed by atoms with Crippen LogP contribution in [0.15, 0.2) is 30.3 Å². The molecule has 4 nitrogen and oxygen atoms in total. The third kappa shape index (κ3) is 2.39. The summed E-state index contributed by atoms with van der Waals surface area (Å²) < 4.78 is 38.6. The number of halogens is 4. The zero-order valence-corrected chi connectivity index (χ0v) is 10.6. The molecule has 0 spiro atoms. The standard InChI is InChI=1S/C12H9ClF3NO3/c13-9-3-1-7(2-4-9)8-5-10(18)17(20)11(19,6-8)12(14,15)16/h1-5,19-20H,6H2. The molecule has 1 heterocycles. The van der Waals surface area contributed by atoms with E-state index in [9.17, 15) is 28.3 Å². The smallest absolute Gasteiger partial charge is 0.362 e. The molecule has 2 rings (SSSR count). The summed E-state index contributed by atoms with van der Waals surface area (Å²) in [5, 5.41) is 18.5. The summed E-state index contributed by atoms with van der Waals surface area (Å²) >= 11 is 5.67. The van der Waals surface area contributed by atoms with Crippen LogP contribution in [0, 0.1) is 0 Å². The molecule has 0 radical (unpaired) electrons. The second-order valence-electron chi connectivity index (χ2n) is 4.32. The van der Waals surface area contributed by atoms with E-state index >= 15 is 0 Å². The predicted molar refractivity (Wildman–Crippen MR) is 63.7 cm³/mol. The SMILES string of the molecule is O=C1C=C(c2ccc(Cl)cc2)CC(O)(C(F)(F)F)N1O.